The number of carbonyl (C=O) groups is 2. The molecule has 0 saturated carbocycles. The van der Waals surface area contributed by atoms with E-state index in [1.165, 1.54) is 7.11 Å². The van der Waals surface area contributed by atoms with E-state index in [-0.39, 0.29) is 17.4 Å². The van der Waals surface area contributed by atoms with Crippen LogP contribution in [0, 0.1) is 5.92 Å². The molecule has 0 spiro atoms. The molecule has 5 nitrogen and oxygen atoms in total. The fraction of sp³-hybridized carbons (Fsp3) is 0.800. The summed E-state index contributed by atoms with van der Waals surface area (Å²) in [6.07, 6.45) is 1.05. The molecule has 1 saturated heterocycles. The van der Waals surface area contributed by atoms with E-state index in [9.17, 15) is 9.59 Å². The standard InChI is InChI=1S/C10H18N2O3/c1-10(2)5-6(8(13)12-10)4-7(11)9(14)15-3/h6-7H,4-5,11H2,1-3H3,(H,12,13)/t6-,7+/m1/s1. The number of esters is 1. The quantitative estimate of drug-likeness (QED) is 0.637. The van der Waals surface area contributed by atoms with Crippen LogP contribution in [0.25, 0.3) is 0 Å². The lowest BCUT2D eigenvalue weighted by Crippen LogP contribution is -2.36. The van der Waals surface area contributed by atoms with Crippen LogP contribution in [0.2, 0.25) is 0 Å². The van der Waals surface area contributed by atoms with E-state index in [4.69, 9.17) is 5.73 Å². The van der Waals surface area contributed by atoms with Gasteiger partial charge in [-0.2, -0.15) is 0 Å². The van der Waals surface area contributed by atoms with E-state index >= 15 is 0 Å². The Morgan fingerprint density at radius 2 is 2.33 bits per heavy atom. The monoisotopic (exact) mass is 214 g/mol. The number of carbonyl (C=O) groups excluding carboxylic acids is 2. The van der Waals surface area contributed by atoms with Crippen LogP contribution >= 0.6 is 0 Å². The smallest absolute Gasteiger partial charge is 0.322 e. The molecule has 1 fully saturated rings. The summed E-state index contributed by atoms with van der Waals surface area (Å²) in [5.41, 5.74) is 5.41. The van der Waals surface area contributed by atoms with Crippen molar-refractivity contribution >= 4 is 11.9 Å². The zero-order valence-electron chi connectivity index (χ0n) is 9.37. The third-order valence-corrected chi connectivity index (χ3v) is 2.63. The van der Waals surface area contributed by atoms with Crippen molar-refractivity contribution in [3.05, 3.63) is 0 Å². The van der Waals surface area contributed by atoms with Crippen molar-refractivity contribution in [2.24, 2.45) is 11.7 Å². The van der Waals surface area contributed by atoms with E-state index in [1.54, 1.807) is 0 Å². The Kier molecular flexibility index (Phi) is 3.34. The lowest BCUT2D eigenvalue weighted by Gasteiger charge is -2.17. The first kappa shape index (κ1) is 12.0. The number of amides is 1. The minimum absolute atomic E-state index is 0.0284. The number of rotatable bonds is 3. The van der Waals surface area contributed by atoms with Gasteiger partial charge >= 0.3 is 5.97 Å². The van der Waals surface area contributed by atoms with Crippen LogP contribution in [-0.2, 0) is 14.3 Å². The van der Waals surface area contributed by atoms with Crippen LogP contribution in [0.3, 0.4) is 0 Å². The molecule has 1 amide bonds. The normalized spacial score (nSPS) is 25.9. The summed E-state index contributed by atoms with van der Waals surface area (Å²) in [6.45, 7) is 3.91. The van der Waals surface area contributed by atoms with Crippen LogP contribution in [0.4, 0.5) is 0 Å². The molecule has 86 valence electrons. The molecule has 0 aromatic rings. The zero-order valence-corrected chi connectivity index (χ0v) is 9.37. The molecule has 0 bridgehead atoms. The summed E-state index contributed by atoms with van der Waals surface area (Å²) in [4.78, 5) is 22.6. The summed E-state index contributed by atoms with van der Waals surface area (Å²) in [5, 5.41) is 2.86. The SMILES string of the molecule is COC(=O)[C@@H](N)C[C@@H]1CC(C)(C)NC1=O. The molecular formula is C10H18N2O3. The highest BCUT2D eigenvalue weighted by atomic mass is 16.5. The Morgan fingerprint density at radius 3 is 2.73 bits per heavy atom. The van der Waals surface area contributed by atoms with Crippen molar-refractivity contribution in [1.29, 1.82) is 0 Å². The van der Waals surface area contributed by atoms with E-state index in [0.29, 0.717) is 12.8 Å². The van der Waals surface area contributed by atoms with Gasteiger partial charge in [-0.15, -0.1) is 0 Å². The number of nitrogens with two attached hydrogens (primary N) is 1. The summed E-state index contributed by atoms with van der Waals surface area (Å²) in [5.74, 6) is -0.680. The fourth-order valence-corrected chi connectivity index (χ4v) is 1.94. The van der Waals surface area contributed by atoms with Gasteiger partial charge in [0.05, 0.1) is 7.11 Å². The highest BCUT2D eigenvalue weighted by molar-refractivity contribution is 5.83. The second-order valence-electron chi connectivity index (χ2n) is 4.64. The molecule has 0 radical (unpaired) electrons. The summed E-state index contributed by atoms with van der Waals surface area (Å²) >= 11 is 0. The van der Waals surface area contributed by atoms with Crippen molar-refractivity contribution in [3.8, 4) is 0 Å². The fourth-order valence-electron chi connectivity index (χ4n) is 1.94. The largest absolute Gasteiger partial charge is 0.468 e. The van der Waals surface area contributed by atoms with Crippen LogP contribution < -0.4 is 11.1 Å². The van der Waals surface area contributed by atoms with Gasteiger partial charge in [0.1, 0.15) is 6.04 Å². The molecule has 1 heterocycles. The topological polar surface area (TPSA) is 81.4 Å². The van der Waals surface area contributed by atoms with Crippen LogP contribution in [0.1, 0.15) is 26.7 Å². The molecule has 3 N–H and O–H groups in total. The van der Waals surface area contributed by atoms with Crippen molar-refractivity contribution in [2.45, 2.75) is 38.3 Å². The molecule has 5 heteroatoms. The third kappa shape index (κ3) is 2.92. The molecule has 2 atom stereocenters. The number of methoxy groups -OCH3 is 1. The first-order valence-electron chi connectivity index (χ1n) is 5.01. The number of nitrogens with one attached hydrogen (secondary N) is 1. The zero-order chi connectivity index (χ0) is 11.6. The minimum Gasteiger partial charge on any atom is -0.468 e. The van der Waals surface area contributed by atoms with Gasteiger partial charge in [0, 0.05) is 11.5 Å². The van der Waals surface area contributed by atoms with E-state index in [0.717, 1.165) is 0 Å². The number of hydrogen-bond donors (Lipinski definition) is 2. The first-order chi connectivity index (χ1) is 6.85. The number of hydrogen-bond acceptors (Lipinski definition) is 4. The van der Waals surface area contributed by atoms with Crippen molar-refractivity contribution < 1.29 is 14.3 Å². The second-order valence-corrected chi connectivity index (χ2v) is 4.64. The Morgan fingerprint density at radius 1 is 1.73 bits per heavy atom. The van der Waals surface area contributed by atoms with Gasteiger partial charge in [-0.3, -0.25) is 9.59 Å². The van der Waals surface area contributed by atoms with Gasteiger partial charge in [-0.1, -0.05) is 0 Å². The molecule has 1 rings (SSSR count). The molecular weight excluding hydrogens is 196 g/mol. The molecule has 1 aliphatic heterocycles. The van der Waals surface area contributed by atoms with E-state index in [2.05, 4.69) is 10.1 Å². The summed E-state index contributed by atoms with van der Waals surface area (Å²) in [7, 11) is 1.29. The highest BCUT2D eigenvalue weighted by Gasteiger charge is 2.38. The Bertz CT molecular complexity index is 276. The maximum absolute atomic E-state index is 11.5. The van der Waals surface area contributed by atoms with Gasteiger partial charge in [0.25, 0.3) is 0 Å². The summed E-state index contributed by atoms with van der Waals surface area (Å²) in [6, 6.07) is -0.709. The Hall–Kier alpha value is -1.10. The van der Waals surface area contributed by atoms with Crippen molar-refractivity contribution in [3.63, 3.8) is 0 Å². The lowest BCUT2D eigenvalue weighted by atomic mass is 9.92. The average molecular weight is 214 g/mol. The molecule has 0 aromatic heterocycles. The number of ether oxygens (including phenoxy) is 1. The van der Waals surface area contributed by atoms with E-state index < -0.39 is 12.0 Å². The maximum atomic E-state index is 11.5. The van der Waals surface area contributed by atoms with Crippen LogP contribution in [0.15, 0.2) is 0 Å². The van der Waals surface area contributed by atoms with Crippen LogP contribution in [-0.4, -0.2) is 30.6 Å². The highest BCUT2D eigenvalue weighted by Crippen LogP contribution is 2.27. The lowest BCUT2D eigenvalue weighted by molar-refractivity contribution is -0.142. The first-order valence-corrected chi connectivity index (χ1v) is 5.01. The predicted octanol–water partition coefficient (Wildman–Crippen LogP) is -0.208. The predicted molar refractivity (Wildman–Crippen MR) is 54.9 cm³/mol. The van der Waals surface area contributed by atoms with Gasteiger partial charge in [-0.25, -0.2) is 0 Å². The molecule has 0 aromatic carbocycles. The second kappa shape index (κ2) is 4.18. The third-order valence-electron chi connectivity index (χ3n) is 2.63. The molecule has 15 heavy (non-hydrogen) atoms. The van der Waals surface area contributed by atoms with E-state index in [1.807, 2.05) is 13.8 Å². The van der Waals surface area contributed by atoms with Crippen LogP contribution in [0.5, 0.6) is 0 Å². The Labute approximate surface area is 89.3 Å². The molecule has 1 aliphatic rings. The minimum atomic E-state index is -0.709. The average Bonchev–Trinajstić information content (AvgIpc) is 2.38. The van der Waals surface area contributed by atoms with Crippen molar-refractivity contribution in [1.82, 2.24) is 5.32 Å². The molecule has 0 unspecified atom stereocenters. The van der Waals surface area contributed by atoms with Gasteiger partial charge < -0.3 is 15.8 Å². The van der Waals surface area contributed by atoms with Gasteiger partial charge in [0.15, 0.2) is 0 Å². The maximum Gasteiger partial charge on any atom is 0.322 e. The molecule has 0 aliphatic carbocycles. The van der Waals surface area contributed by atoms with Gasteiger partial charge in [-0.05, 0) is 26.7 Å². The van der Waals surface area contributed by atoms with Crippen molar-refractivity contribution in [2.75, 3.05) is 7.11 Å². The van der Waals surface area contributed by atoms with Gasteiger partial charge in [0.2, 0.25) is 5.91 Å². The summed E-state index contributed by atoms with van der Waals surface area (Å²) < 4.78 is 4.51. The Balaban J connectivity index is 2.53.